The van der Waals surface area contributed by atoms with Crippen molar-refractivity contribution in [2.75, 3.05) is 11.5 Å². The third kappa shape index (κ3) is 2.51. The average molecular weight is 304 g/mol. The minimum Gasteiger partial charge on any atom is -0.486 e. The lowest BCUT2D eigenvalue weighted by Gasteiger charge is -2.17. The van der Waals surface area contributed by atoms with Crippen LogP contribution in [0.5, 0.6) is 5.75 Å². The highest BCUT2D eigenvalue weighted by Crippen LogP contribution is 2.41. The summed E-state index contributed by atoms with van der Waals surface area (Å²) in [6, 6.07) is 6.91. The van der Waals surface area contributed by atoms with Crippen molar-refractivity contribution in [3.63, 3.8) is 0 Å². The Bertz CT molecular complexity index is 595. The van der Waals surface area contributed by atoms with Gasteiger partial charge in [-0.25, -0.2) is 4.90 Å². The van der Waals surface area contributed by atoms with E-state index < -0.39 is 0 Å². The van der Waals surface area contributed by atoms with E-state index in [-0.39, 0.29) is 35.2 Å². The van der Waals surface area contributed by atoms with E-state index in [9.17, 15) is 9.59 Å². The molecule has 0 bridgehead atoms. The van der Waals surface area contributed by atoms with Crippen molar-refractivity contribution in [2.24, 2.45) is 17.6 Å². The predicted octanol–water partition coefficient (Wildman–Crippen LogP) is 1.64. The van der Waals surface area contributed by atoms with Crippen LogP contribution in [0.2, 0.25) is 0 Å². The number of benzene rings is 1. The van der Waals surface area contributed by atoms with Crippen LogP contribution >= 0.6 is 12.2 Å². The molecule has 2 atom stereocenters. The highest BCUT2D eigenvalue weighted by atomic mass is 32.1. The van der Waals surface area contributed by atoms with Gasteiger partial charge in [0.1, 0.15) is 17.3 Å². The zero-order chi connectivity index (χ0) is 15.0. The van der Waals surface area contributed by atoms with Crippen molar-refractivity contribution in [3.05, 3.63) is 24.3 Å². The van der Waals surface area contributed by atoms with Crippen molar-refractivity contribution in [3.8, 4) is 5.75 Å². The molecule has 1 saturated carbocycles. The molecule has 1 aromatic carbocycles. The van der Waals surface area contributed by atoms with E-state index in [0.717, 1.165) is 19.3 Å². The van der Waals surface area contributed by atoms with Crippen molar-refractivity contribution < 1.29 is 14.3 Å². The molecule has 2 N–H and O–H groups in total. The Morgan fingerprint density at radius 3 is 2.57 bits per heavy atom. The van der Waals surface area contributed by atoms with Gasteiger partial charge in [-0.1, -0.05) is 24.7 Å². The number of carbonyl (C=O) groups excluding carboxylic acids is 2. The summed E-state index contributed by atoms with van der Waals surface area (Å²) in [4.78, 5) is 26.3. The van der Waals surface area contributed by atoms with Gasteiger partial charge < -0.3 is 10.5 Å². The molecule has 1 aliphatic heterocycles. The van der Waals surface area contributed by atoms with Gasteiger partial charge in [0, 0.05) is 6.07 Å². The first-order valence-electron chi connectivity index (χ1n) is 6.97. The maximum Gasteiger partial charge on any atom is 0.237 e. The molecule has 6 heteroatoms. The quantitative estimate of drug-likeness (QED) is 0.676. The lowest BCUT2D eigenvalue weighted by molar-refractivity contribution is -0.122. The van der Waals surface area contributed by atoms with Gasteiger partial charge in [-0.05, 0) is 25.0 Å². The summed E-state index contributed by atoms with van der Waals surface area (Å²) in [5, 5.41) is 0. The molecule has 21 heavy (non-hydrogen) atoms. The summed E-state index contributed by atoms with van der Waals surface area (Å²) < 4.78 is 5.42. The van der Waals surface area contributed by atoms with Crippen LogP contribution in [0.1, 0.15) is 19.3 Å². The highest BCUT2D eigenvalue weighted by molar-refractivity contribution is 7.80. The molecule has 0 spiro atoms. The Kier molecular flexibility index (Phi) is 3.63. The molecule has 3 rings (SSSR count). The number of anilines is 1. The fraction of sp³-hybridized carbons (Fsp3) is 0.400. The molecule has 5 nitrogen and oxygen atoms in total. The topological polar surface area (TPSA) is 72.6 Å². The van der Waals surface area contributed by atoms with Crippen molar-refractivity contribution in [1.29, 1.82) is 0 Å². The van der Waals surface area contributed by atoms with Gasteiger partial charge in [-0.3, -0.25) is 9.59 Å². The maximum absolute atomic E-state index is 12.4. The molecular formula is C15H16N2O3S. The number of nitrogens with two attached hydrogens (primary N) is 1. The van der Waals surface area contributed by atoms with E-state index in [1.165, 1.54) is 4.90 Å². The van der Waals surface area contributed by atoms with Crippen LogP contribution in [0.4, 0.5) is 5.69 Å². The average Bonchev–Trinajstić information content (AvgIpc) is 3.02. The molecule has 1 saturated heterocycles. The van der Waals surface area contributed by atoms with E-state index in [1.807, 2.05) is 0 Å². The highest BCUT2D eigenvalue weighted by Gasteiger charge is 2.50. The number of imide groups is 1. The van der Waals surface area contributed by atoms with Gasteiger partial charge in [0.05, 0.1) is 17.5 Å². The van der Waals surface area contributed by atoms with Crippen molar-refractivity contribution in [1.82, 2.24) is 0 Å². The molecule has 110 valence electrons. The molecular weight excluding hydrogens is 288 g/mol. The number of thiocarbonyl (C=S) groups is 1. The van der Waals surface area contributed by atoms with Crippen LogP contribution in [-0.4, -0.2) is 23.4 Å². The number of carbonyl (C=O) groups is 2. The molecule has 1 aliphatic carbocycles. The summed E-state index contributed by atoms with van der Waals surface area (Å²) in [5.74, 6) is 0.0818. The predicted molar refractivity (Wildman–Crippen MR) is 82.0 cm³/mol. The number of amides is 2. The Hall–Kier alpha value is -1.95. The summed E-state index contributed by atoms with van der Waals surface area (Å²) in [6.07, 6.45) is 2.57. The summed E-state index contributed by atoms with van der Waals surface area (Å²) in [6.45, 7) is 0.131. The first-order valence-corrected chi connectivity index (χ1v) is 7.38. The van der Waals surface area contributed by atoms with Gasteiger partial charge in [0.2, 0.25) is 11.8 Å². The zero-order valence-corrected chi connectivity index (χ0v) is 12.3. The van der Waals surface area contributed by atoms with Gasteiger partial charge in [0.15, 0.2) is 0 Å². The zero-order valence-electron chi connectivity index (χ0n) is 11.5. The largest absolute Gasteiger partial charge is 0.486 e. The smallest absolute Gasteiger partial charge is 0.237 e. The second kappa shape index (κ2) is 5.44. The fourth-order valence-corrected chi connectivity index (χ4v) is 3.17. The number of fused-ring (bicyclic) bond motifs is 1. The van der Waals surface area contributed by atoms with Crippen molar-refractivity contribution in [2.45, 2.75) is 19.3 Å². The Labute approximate surface area is 128 Å². The number of rotatable bonds is 4. The lowest BCUT2D eigenvalue weighted by Crippen LogP contribution is -2.31. The molecule has 1 heterocycles. The first-order chi connectivity index (χ1) is 10.1. The number of hydrogen-bond donors (Lipinski definition) is 1. The van der Waals surface area contributed by atoms with E-state index >= 15 is 0 Å². The van der Waals surface area contributed by atoms with Gasteiger partial charge in [-0.15, -0.1) is 0 Å². The van der Waals surface area contributed by atoms with E-state index in [0.29, 0.717) is 11.4 Å². The number of hydrogen-bond acceptors (Lipinski definition) is 4. The summed E-state index contributed by atoms with van der Waals surface area (Å²) in [5.41, 5.74) is 5.95. The maximum atomic E-state index is 12.4. The van der Waals surface area contributed by atoms with Crippen LogP contribution in [0.15, 0.2) is 24.3 Å². The van der Waals surface area contributed by atoms with Crippen LogP contribution in [0.3, 0.4) is 0 Å². The van der Waals surface area contributed by atoms with Gasteiger partial charge >= 0.3 is 0 Å². The first kappa shape index (κ1) is 14.0. The van der Waals surface area contributed by atoms with E-state index in [4.69, 9.17) is 22.7 Å². The van der Waals surface area contributed by atoms with Crippen LogP contribution in [0, 0.1) is 11.8 Å². The second-order valence-electron chi connectivity index (χ2n) is 5.41. The molecule has 0 radical (unpaired) electrons. The SMILES string of the molecule is NC(=S)COc1cccc(N2C(=O)C3CCCC3C2=O)c1. The molecule has 2 amide bonds. The Morgan fingerprint density at radius 1 is 1.29 bits per heavy atom. The van der Waals surface area contributed by atoms with Gasteiger partial charge in [-0.2, -0.15) is 0 Å². The Balaban J connectivity index is 1.83. The molecule has 1 aromatic rings. The Morgan fingerprint density at radius 2 is 1.95 bits per heavy atom. The molecule has 2 aliphatic rings. The third-order valence-corrected chi connectivity index (χ3v) is 4.17. The molecule has 0 aromatic heterocycles. The molecule has 2 fully saturated rings. The standard InChI is InChI=1S/C15H16N2O3S/c16-13(21)8-20-10-4-1-3-9(7-10)17-14(18)11-5-2-6-12(11)15(17)19/h1,3-4,7,11-12H,2,5-6,8H2,(H2,16,21). The van der Waals surface area contributed by atoms with Crippen LogP contribution < -0.4 is 15.4 Å². The van der Waals surface area contributed by atoms with Crippen molar-refractivity contribution >= 4 is 34.7 Å². The lowest BCUT2D eigenvalue weighted by atomic mass is 10.00. The minimum absolute atomic E-state index is 0.0889. The normalized spacial score (nSPS) is 24.3. The number of nitrogens with zero attached hydrogens (tertiary/aromatic N) is 1. The minimum atomic E-state index is -0.140. The summed E-state index contributed by atoms with van der Waals surface area (Å²) in [7, 11) is 0. The number of ether oxygens (including phenoxy) is 1. The monoisotopic (exact) mass is 304 g/mol. The van der Waals surface area contributed by atoms with Gasteiger partial charge in [0.25, 0.3) is 0 Å². The van der Waals surface area contributed by atoms with E-state index in [1.54, 1.807) is 24.3 Å². The second-order valence-corrected chi connectivity index (χ2v) is 5.93. The van der Waals surface area contributed by atoms with Crippen LogP contribution in [-0.2, 0) is 9.59 Å². The summed E-state index contributed by atoms with van der Waals surface area (Å²) >= 11 is 4.76. The third-order valence-electron chi connectivity index (χ3n) is 4.05. The molecule has 2 unspecified atom stereocenters. The fourth-order valence-electron chi connectivity index (χ4n) is 3.11. The van der Waals surface area contributed by atoms with Crippen LogP contribution in [0.25, 0.3) is 0 Å². The van der Waals surface area contributed by atoms with E-state index in [2.05, 4.69) is 0 Å².